The Morgan fingerprint density at radius 1 is 1.53 bits per heavy atom. The van der Waals surface area contributed by atoms with Gasteiger partial charge in [-0.05, 0) is 26.3 Å². The Kier molecular flexibility index (Phi) is 4.73. The molecule has 0 aromatic carbocycles. The van der Waals surface area contributed by atoms with Crippen molar-refractivity contribution in [1.29, 1.82) is 0 Å². The molecule has 0 spiro atoms. The molecule has 1 aliphatic rings. The smallest absolute Gasteiger partial charge is 0.333 e. The molecule has 1 heterocycles. The molecule has 0 bridgehead atoms. The molecule has 3 nitrogen and oxygen atoms in total. The van der Waals surface area contributed by atoms with E-state index in [0.29, 0.717) is 13.0 Å². The molecule has 0 aliphatic carbocycles. The molecule has 0 saturated carbocycles. The van der Waals surface area contributed by atoms with Gasteiger partial charge in [-0.2, -0.15) is 8.78 Å². The third-order valence-corrected chi connectivity index (χ3v) is 2.87. The Bertz CT molecular complexity index is 267. The first-order chi connectivity index (χ1) is 7.91. The van der Waals surface area contributed by atoms with Gasteiger partial charge in [0.15, 0.2) is 0 Å². The maximum atomic E-state index is 13.0. The summed E-state index contributed by atoms with van der Waals surface area (Å²) in [5, 5.41) is 2.96. The predicted molar refractivity (Wildman–Crippen MR) is 54.2 cm³/mol. The van der Waals surface area contributed by atoms with E-state index < -0.39 is 24.3 Å². The second-order valence-corrected chi connectivity index (χ2v) is 4.02. The number of carbonyl (C=O) groups is 1. The van der Waals surface area contributed by atoms with E-state index in [4.69, 9.17) is 0 Å². The van der Waals surface area contributed by atoms with E-state index in [9.17, 15) is 22.4 Å². The summed E-state index contributed by atoms with van der Waals surface area (Å²) < 4.78 is 50.2. The average Bonchev–Trinajstić information content (AvgIpc) is 2.31. The van der Waals surface area contributed by atoms with Gasteiger partial charge in [0.05, 0.1) is 0 Å². The van der Waals surface area contributed by atoms with Crippen LogP contribution in [0.1, 0.15) is 19.8 Å². The van der Waals surface area contributed by atoms with Gasteiger partial charge in [0, 0.05) is 19.1 Å². The fourth-order valence-electron chi connectivity index (χ4n) is 1.95. The quantitative estimate of drug-likeness (QED) is 0.773. The zero-order valence-corrected chi connectivity index (χ0v) is 9.56. The lowest BCUT2D eigenvalue weighted by Gasteiger charge is -2.35. The Labute approximate surface area is 97.2 Å². The summed E-state index contributed by atoms with van der Waals surface area (Å²) in [6.07, 6.45) is -2.65. The Balaban J connectivity index is 2.75. The van der Waals surface area contributed by atoms with Crippen LogP contribution >= 0.6 is 0 Å². The molecule has 1 aliphatic heterocycles. The third-order valence-electron chi connectivity index (χ3n) is 2.87. The molecule has 100 valence electrons. The van der Waals surface area contributed by atoms with E-state index in [-0.39, 0.29) is 6.54 Å². The van der Waals surface area contributed by atoms with Gasteiger partial charge in [-0.3, -0.25) is 4.79 Å². The second-order valence-electron chi connectivity index (χ2n) is 4.02. The van der Waals surface area contributed by atoms with Crippen LogP contribution in [0.15, 0.2) is 0 Å². The highest BCUT2D eigenvalue weighted by atomic mass is 19.3. The Morgan fingerprint density at radius 2 is 2.18 bits per heavy atom. The highest BCUT2D eigenvalue weighted by molar-refractivity contribution is 5.84. The van der Waals surface area contributed by atoms with E-state index in [1.54, 1.807) is 0 Å². The maximum Gasteiger partial charge on any atom is 0.383 e. The number of nitrogens with zero attached hydrogens (tertiary/aromatic N) is 1. The van der Waals surface area contributed by atoms with Gasteiger partial charge in [-0.25, -0.2) is 8.78 Å². The lowest BCUT2D eigenvalue weighted by Crippen LogP contribution is -2.55. The second kappa shape index (κ2) is 5.66. The number of rotatable bonds is 4. The molecule has 1 amide bonds. The molecular weight excluding hydrogens is 240 g/mol. The molecule has 7 heteroatoms. The van der Waals surface area contributed by atoms with Crippen molar-refractivity contribution in [2.24, 2.45) is 0 Å². The first kappa shape index (κ1) is 14.2. The molecule has 1 N–H and O–H groups in total. The number of alkyl halides is 4. The highest BCUT2D eigenvalue weighted by Crippen LogP contribution is 2.27. The monoisotopic (exact) mass is 256 g/mol. The third kappa shape index (κ3) is 3.08. The summed E-state index contributed by atoms with van der Waals surface area (Å²) in [5.74, 6) is -6.36. The lowest BCUT2D eigenvalue weighted by molar-refractivity contribution is -0.183. The van der Waals surface area contributed by atoms with Gasteiger partial charge < -0.3 is 10.2 Å². The van der Waals surface area contributed by atoms with Gasteiger partial charge in [0.25, 0.3) is 5.91 Å². The lowest BCUT2D eigenvalue weighted by atomic mass is 10.0. The van der Waals surface area contributed by atoms with E-state index in [1.807, 2.05) is 0 Å². The summed E-state index contributed by atoms with van der Waals surface area (Å²) >= 11 is 0. The predicted octanol–water partition coefficient (Wildman–Crippen LogP) is 1.49. The van der Waals surface area contributed by atoms with Crippen LogP contribution in [0.5, 0.6) is 0 Å². The molecular formula is C10H16F4N2O. The van der Waals surface area contributed by atoms with Crippen LogP contribution in [0.3, 0.4) is 0 Å². The molecule has 0 aromatic heterocycles. The first-order valence-corrected chi connectivity index (χ1v) is 5.59. The molecule has 1 rings (SSSR count). The van der Waals surface area contributed by atoms with Crippen molar-refractivity contribution in [3.05, 3.63) is 0 Å². The van der Waals surface area contributed by atoms with Gasteiger partial charge in [-0.15, -0.1) is 0 Å². The number of likely N-dealkylation sites (N-methyl/N-ethyl adjacent to an activating group) is 1. The topological polar surface area (TPSA) is 32.3 Å². The zero-order chi connectivity index (χ0) is 13.1. The number of piperidine rings is 1. The van der Waals surface area contributed by atoms with E-state index >= 15 is 0 Å². The van der Waals surface area contributed by atoms with Crippen molar-refractivity contribution in [2.75, 3.05) is 19.6 Å². The van der Waals surface area contributed by atoms with Crippen molar-refractivity contribution in [3.8, 4) is 0 Å². The van der Waals surface area contributed by atoms with Crippen LogP contribution in [0.25, 0.3) is 0 Å². The zero-order valence-electron chi connectivity index (χ0n) is 9.56. The molecule has 17 heavy (non-hydrogen) atoms. The number of halogens is 4. The fourth-order valence-corrected chi connectivity index (χ4v) is 1.95. The molecule has 0 aromatic rings. The molecule has 1 unspecified atom stereocenters. The van der Waals surface area contributed by atoms with Crippen molar-refractivity contribution in [1.82, 2.24) is 10.2 Å². The number of hydrogen-bond acceptors (Lipinski definition) is 2. The minimum atomic E-state index is -4.59. The van der Waals surface area contributed by atoms with E-state index in [0.717, 1.165) is 17.9 Å². The van der Waals surface area contributed by atoms with Crippen LogP contribution in [-0.4, -0.2) is 48.8 Å². The fraction of sp³-hybridized carbons (Fsp3) is 0.900. The SMILES string of the molecule is CCN(C(=O)C(F)(F)C(F)F)C1CCCNC1. The van der Waals surface area contributed by atoms with Crippen LogP contribution < -0.4 is 5.32 Å². The van der Waals surface area contributed by atoms with Gasteiger partial charge in [0.2, 0.25) is 0 Å². The summed E-state index contributed by atoms with van der Waals surface area (Å²) in [5.41, 5.74) is 0. The standard InChI is InChI=1S/C10H16F4N2O/c1-2-16(7-4-3-5-15-6-7)9(17)10(13,14)8(11)12/h7-8,15H,2-6H2,1H3. The molecule has 1 fully saturated rings. The summed E-state index contributed by atoms with van der Waals surface area (Å²) in [6, 6.07) is -0.425. The minimum Gasteiger partial charge on any atom is -0.333 e. The van der Waals surface area contributed by atoms with Crippen LogP contribution in [-0.2, 0) is 4.79 Å². The normalized spacial score (nSPS) is 21.6. The Morgan fingerprint density at radius 3 is 2.59 bits per heavy atom. The van der Waals surface area contributed by atoms with Crippen molar-refractivity contribution < 1.29 is 22.4 Å². The highest BCUT2D eigenvalue weighted by Gasteiger charge is 2.51. The van der Waals surface area contributed by atoms with Crippen LogP contribution in [0.2, 0.25) is 0 Å². The van der Waals surface area contributed by atoms with Crippen LogP contribution in [0.4, 0.5) is 17.6 Å². The number of carbonyl (C=O) groups excluding carboxylic acids is 1. The molecule has 1 atom stereocenters. The van der Waals surface area contributed by atoms with Crippen molar-refractivity contribution >= 4 is 5.91 Å². The molecule has 1 saturated heterocycles. The van der Waals surface area contributed by atoms with Gasteiger partial charge in [0.1, 0.15) is 0 Å². The first-order valence-electron chi connectivity index (χ1n) is 5.59. The minimum absolute atomic E-state index is 0.00743. The summed E-state index contributed by atoms with van der Waals surface area (Å²) in [7, 11) is 0. The number of amides is 1. The largest absolute Gasteiger partial charge is 0.383 e. The maximum absolute atomic E-state index is 13.0. The summed E-state index contributed by atoms with van der Waals surface area (Å²) in [4.78, 5) is 12.3. The average molecular weight is 256 g/mol. The van der Waals surface area contributed by atoms with E-state index in [1.165, 1.54) is 6.92 Å². The van der Waals surface area contributed by atoms with Crippen LogP contribution in [0, 0.1) is 0 Å². The van der Waals surface area contributed by atoms with Crippen molar-refractivity contribution in [2.45, 2.75) is 38.2 Å². The van der Waals surface area contributed by atoms with Gasteiger partial charge >= 0.3 is 12.3 Å². The summed E-state index contributed by atoms with van der Waals surface area (Å²) in [6.45, 7) is 2.65. The Hall–Kier alpha value is -0.850. The molecule has 0 radical (unpaired) electrons. The van der Waals surface area contributed by atoms with E-state index in [2.05, 4.69) is 5.32 Å². The van der Waals surface area contributed by atoms with Crippen molar-refractivity contribution in [3.63, 3.8) is 0 Å². The number of hydrogen-bond donors (Lipinski definition) is 1. The number of nitrogens with one attached hydrogen (secondary N) is 1. The van der Waals surface area contributed by atoms with Gasteiger partial charge in [-0.1, -0.05) is 0 Å².